The molecule has 3 N–H and O–H groups in total. The van der Waals surface area contributed by atoms with Crippen molar-refractivity contribution < 1.29 is 13.3 Å². The Morgan fingerprint density at radius 2 is 1.32 bits per heavy atom. The second-order valence-corrected chi connectivity index (χ2v) is 8.25. The van der Waals surface area contributed by atoms with Crippen LogP contribution < -0.4 is 10.6 Å². The third-order valence-corrected chi connectivity index (χ3v) is 5.90. The van der Waals surface area contributed by atoms with Gasteiger partial charge in [-0.2, -0.15) is 0 Å². The minimum atomic E-state index is -3.75. The van der Waals surface area contributed by atoms with Crippen molar-refractivity contribution in [3.05, 3.63) is 107 Å². The zero-order valence-corrected chi connectivity index (χ0v) is 16.1. The Morgan fingerprint density at radius 1 is 0.821 bits per heavy atom. The van der Waals surface area contributed by atoms with Gasteiger partial charge < -0.3 is 4.84 Å². The third-order valence-electron chi connectivity index (χ3n) is 4.97. The quantitative estimate of drug-likeness (QED) is 0.712. The van der Waals surface area contributed by atoms with E-state index in [-0.39, 0.29) is 4.90 Å². The molecule has 0 unspecified atom stereocenters. The number of rotatable bonds is 4. The maximum Gasteiger partial charge on any atom is 0.238 e. The van der Waals surface area contributed by atoms with Gasteiger partial charge >= 0.3 is 0 Å². The summed E-state index contributed by atoms with van der Waals surface area (Å²) < 4.78 is 23.3. The Labute approximate surface area is 164 Å². The van der Waals surface area contributed by atoms with Gasteiger partial charge in [0, 0.05) is 5.57 Å². The van der Waals surface area contributed by atoms with Crippen molar-refractivity contribution in [2.24, 2.45) is 5.14 Å². The van der Waals surface area contributed by atoms with Crippen molar-refractivity contribution in [1.29, 1.82) is 0 Å². The molecule has 0 amide bonds. The summed E-state index contributed by atoms with van der Waals surface area (Å²) in [5.74, 6) is 0.719. The standard InChI is InChI=1S/C22H20N2O3S/c1-16-21(17-12-14-20(15-13-17)28(23,25)26)22(24-27-16,18-8-4-2-5-9-18)19-10-6-3-7-11-19/h2-15,24H,1H3,(H2,23,25,26). The molecule has 6 heteroatoms. The van der Waals surface area contributed by atoms with Gasteiger partial charge in [0.1, 0.15) is 11.3 Å². The molecular formula is C22H20N2O3S. The minimum absolute atomic E-state index is 0.0754. The lowest BCUT2D eigenvalue weighted by Crippen LogP contribution is -2.39. The van der Waals surface area contributed by atoms with Crippen LogP contribution in [0.4, 0.5) is 0 Å². The Bertz CT molecular complexity index is 1080. The van der Waals surface area contributed by atoms with Crippen molar-refractivity contribution in [3.8, 4) is 0 Å². The molecule has 0 saturated carbocycles. The van der Waals surface area contributed by atoms with E-state index >= 15 is 0 Å². The SMILES string of the molecule is CC1=C(c2ccc(S(N)(=O)=O)cc2)C(c2ccccc2)(c2ccccc2)NO1. The highest BCUT2D eigenvalue weighted by Crippen LogP contribution is 2.47. The van der Waals surface area contributed by atoms with Crippen LogP contribution in [-0.4, -0.2) is 8.42 Å². The van der Waals surface area contributed by atoms with Gasteiger partial charge in [0.2, 0.25) is 10.0 Å². The molecule has 142 valence electrons. The summed E-state index contributed by atoms with van der Waals surface area (Å²) in [6.45, 7) is 1.89. The maximum absolute atomic E-state index is 11.6. The molecule has 0 saturated heterocycles. The van der Waals surface area contributed by atoms with Crippen molar-refractivity contribution in [2.45, 2.75) is 17.4 Å². The first-order valence-electron chi connectivity index (χ1n) is 8.82. The molecule has 0 aromatic heterocycles. The van der Waals surface area contributed by atoms with Gasteiger partial charge in [-0.3, -0.25) is 0 Å². The first-order chi connectivity index (χ1) is 13.4. The van der Waals surface area contributed by atoms with Crippen molar-refractivity contribution >= 4 is 15.6 Å². The number of nitrogens with two attached hydrogens (primary N) is 1. The fraction of sp³-hybridized carbons (Fsp3) is 0.0909. The van der Waals surface area contributed by atoms with Crippen LogP contribution in [0.1, 0.15) is 23.6 Å². The van der Waals surface area contributed by atoms with Crippen LogP contribution in [0.3, 0.4) is 0 Å². The summed E-state index contributed by atoms with van der Waals surface area (Å²) in [6.07, 6.45) is 0. The average molecular weight is 392 g/mol. The first kappa shape index (κ1) is 18.4. The number of hydroxylamine groups is 1. The van der Waals surface area contributed by atoms with Gasteiger partial charge in [-0.05, 0) is 35.7 Å². The van der Waals surface area contributed by atoms with E-state index in [4.69, 9.17) is 9.98 Å². The monoisotopic (exact) mass is 392 g/mol. The number of hydrogen-bond donors (Lipinski definition) is 2. The number of sulfonamides is 1. The molecule has 5 nitrogen and oxygen atoms in total. The van der Waals surface area contributed by atoms with E-state index in [0.717, 1.165) is 28.0 Å². The summed E-state index contributed by atoms with van der Waals surface area (Å²) in [5.41, 5.74) is 6.31. The van der Waals surface area contributed by atoms with E-state index in [1.165, 1.54) is 12.1 Å². The van der Waals surface area contributed by atoms with Crippen LogP contribution in [-0.2, 0) is 20.4 Å². The summed E-state index contributed by atoms with van der Waals surface area (Å²) in [6, 6.07) is 26.6. The predicted octanol–water partition coefficient (Wildman–Crippen LogP) is 3.54. The molecule has 1 aliphatic heterocycles. The highest BCUT2D eigenvalue weighted by Gasteiger charge is 2.45. The highest BCUT2D eigenvalue weighted by molar-refractivity contribution is 7.89. The predicted molar refractivity (Wildman–Crippen MR) is 108 cm³/mol. The van der Waals surface area contributed by atoms with E-state index < -0.39 is 15.6 Å². The van der Waals surface area contributed by atoms with Crippen LogP contribution in [0.15, 0.2) is 95.6 Å². The van der Waals surface area contributed by atoms with E-state index in [9.17, 15) is 8.42 Å². The topological polar surface area (TPSA) is 81.4 Å². The molecule has 0 spiro atoms. The fourth-order valence-electron chi connectivity index (χ4n) is 3.70. The smallest absolute Gasteiger partial charge is 0.238 e. The normalized spacial score (nSPS) is 16.1. The average Bonchev–Trinajstić information content (AvgIpc) is 3.07. The highest BCUT2D eigenvalue weighted by atomic mass is 32.2. The van der Waals surface area contributed by atoms with Crippen molar-refractivity contribution in [3.63, 3.8) is 0 Å². The van der Waals surface area contributed by atoms with Crippen LogP contribution in [0, 0.1) is 0 Å². The fourth-order valence-corrected chi connectivity index (χ4v) is 4.22. The maximum atomic E-state index is 11.6. The van der Waals surface area contributed by atoms with Gasteiger partial charge in [-0.15, -0.1) is 5.48 Å². The number of nitrogens with one attached hydrogen (secondary N) is 1. The van der Waals surface area contributed by atoms with E-state index in [1.807, 2.05) is 67.6 Å². The second kappa shape index (κ2) is 6.91. The largest absolute Gasteiger partial charge is 0.412 e. The van der Waals surface area contributed by atoms with Crippen LogP contribution in [0.25, 0.3) is 5.57 Å². The molecule has 0 atom stereocenters. The summed E-state index contributed by atoms with van der Waals surface area (Å²) in [5, 5.41) is 5.25. The Kier molecular flexibility index (Phi) is 4.55. The van der Waals surface area contributed by atoms with Crippen LogP contribution in [0.5, 0.6) is 0 Å². The molecule has 3 aromatic rings. The second-order valence-electron chi connectivity index (χ2n) is 6.69. The molecule has 1 heterocycles. The van der Waals surface area contributed by atoms with E-state index in [1.54, 1.807) is 12.1 Å². The van der Waals surface area contributed by atoms with E-state index in [2.05, 4.69) is 5.48 Å². The van der Waals surface area contributed by atoms with Gasteiger partial charge in [-0.1, -0.05) is 72.8 Å². The van der Waals surface area contributed by atoms with Crippen LogP contribution >= 0.6 is 0 Å². The summed E-state index contributed by atoms with van der Waals surface area (Å²) in [4.78, 5) is 5.90. The van der Waals surface area contributed by atoms with Gasteiger partial charge in [-0.25, -0.2) is 13.6 Å². The molecule has 0 fully saturated rings. The Hall–Kier alpha value is -2.93. The van der Waals surface area contributed by atoms with Crippen molar-refractivity contribution in [2.75, 3.05) is 0 Å². The Balaban J connectivity index is 1.95. The molecule has 0 radical (unpaired) electrons. The minimum Gasteiger partial charge on any atom is -0.412 e. The first-order valence-corrected chi connectivity index (χ1v) is 10.4. The summed E-state index contributed by atoms with van der Waals surface area (Å²) >= 11 is 0. The molecule has 0 bridgehead atoms. The van der Waals surface area contributed by atoms with E-state index in [0.29, 0.717) is 0 Å². The molecule has 28 heavy (non-hydrogen) atoms. The van der Waals surface area contributed by atoms with Gasteiger partial charge in [0.25, 0.3) is 0 Å². The van der Waals surface area contributed by atoms with Gasteiger partial charge in [0.05, 0.1) is 4.90 Å². The van der Waals surface area contributed by atoms with Crippen molar-refractivity contribution in [1.82, 2.24) is 5.48 Å². The lowest BCUT2D eigenvalue weighted by atomic mass is 9.75. The summed E-state index contributed by atoms with van der Waals surface area (Å²) in [7, 11) is -3.75. The Morgan fingerprint density at radius 3 is 1.79 bits per heavy atom. The van der Waals surface area contributed by atoms with Gasteiger partial charge in [0.15, 0.2) is 0 Å². The lowest BCUT2D eigenvalue weighted by molar-refractivity contribution is 0.0933. The van der Waals surface area contributed by atoms with Crippen LogP contribution in [0.2, 0.25) is 0 Å². The number of benzene rings is 3. The molecule has 1 aliphatic rings. The lowest BCUT2D eigenvalue weighted by Gasteiger charge is -2.32. The molecule has 4 rings (SSSR count). The zero-order valence-electron chi connectivity index (χ0n) is 15.3. The molecular weight excluding hydrogens is 372 g/mol. The number of allylic oxidation sites excluding steroid dienone is 1. The third kappa shape index (κ3) is 3.01. The molecule has 3 aromatic carbocycles. The number of hydrogen-bond acceptors (Lipinski definition) is 4. The number of primary sulfonamides is 1. The zero-order chi connectivity index (χ0) is 19.8. The molecule has 0 aliphatic carbocycles.